The van der Waals surface area contributed by atoms with E-state index >= 15 is 0 Å². The predicted molar refractivity (Wildman–Crippen MR) is 89.9 cm³/mol. The first-order chi connectivity index (χ1) is 10.3. The maximum absolute atomic E-state index is 12.0. The molecule has 0 radical (unpaired) electrons. The molecule has 0 saturated heterocycles. The molecule has 0 bridgehead atoms. The third kappa shape index (κ3) is 4.62. The molecule has 0 unspecified atom stereocenters. The molecule has 0 heterocycles. The zero-order chi connectivity index (χ0) is 16.2. The first-order valence-corrected chi connectivity index (χ1v) is 7.49. The van der Waals surface area contributed by atoms with Crippen LogP contribution in [0.2, 0.25) is 0 Å². The van der Waals surface area contributed by atoms with Crippen LogP contribution in [0.25, 0.3) is 11.1 Å². The Labute approximate surface area is 132 Å². The maximum Gasteiger partial charge on any atom is 0.261 e. The molecule has 0 aliphatic carbocycles. The van der Waals surface area contributed by atoms with Crippen LogP contribution in [-0.4, -0.2) is 17.6 Å². The summed E-state index contributed by atoms with van der Waals surface area (Å²) >= 11 is 0. The Hall–Kier alpha value is -2.29. The Morgan fingerprint density at radius 1 is 0.955 bits per heavy atom. The Morgan fingerprint density at radius 2 is 1.50 bits per heavy atom. The molecule has 2 aromatic rings. The number of nitrogens with one attached hydrogen (secondary N) is 1. The molecule has 1 N–H and O–H groups in total. The minimum absolute atomic E-state index is 0.111. The van der Waals surface area contributed by atoms with E-state index < -0.39 is 6.10 Å². The van der Waals surface area contributed by atoms with Gasteiger partial charge in [-0.25, -0.2) is 0 Å². The molecule has 0 aromatic heterocycles. The fraction of sp³-hybridized carbons (Fsp3) is 0.316. The molecule has 1 amide bonds. The van der Waals surface area contributed by atoms with Crippen molar-refractivity contribution >= 4 is 5.91 Å². The van der Waals surface area contributed by atoms with Gasteiger partial charge in [0.15, 0.2) is 6.10 Å². The van der Waals surface area contributed by atoms with E-state index in [0.717, 1.165) is 11.1 Å². The Kier molecular flexibility index (Phi) is 4.86. The molecule has 2 aromatic carbocycles. The van der Waals surface area contributed by atoms with Crippen LogP contribution in [0.3, 0.4) is 0 Å². The van der Waals surface area contributed by atoms with Crippen molar-refractivity contribution in [2.24, 2.45) is 0 Å². The summed E-state index contributed by atoms with van der Waals surface area (Å²) in [6, 6.07) is 17.9. The topological polar surface area (TPSA) is 38.3 Å². The summed E-state index contributed by atoms with van der Waals surface area (Å²) < 4.78 is 5.70. The smallest absolute Gasteiger partial charge is 0.261 e. The van der Waals surface area contributed by atoms with Crippen LogP contribution in [0.15, 0.2) is 54.6 Å². The lowest BCUT2D eigenvalue weighted by atomic mass is 10.1. The average molecular weight is 297 g/mol. The summed E-state index contributed by atoms with van der Waals surface area (Å²) in [5, 5.41) is 2.91. The van der Waals surface area contributed by atoms with E-state index in [1.54, 1.807) is 6.92 Å². The third-order valence-corrected chi connectivity index (χ3v) is 3.14. The number of amides is 1. The second-order valence-corrected chi connectivity index (χ2v) is 6.39. The minimum Gasteiger partial charge on any atom is -0.481 e. The molecule has 0 aliphatic rings. The van der Waals surface area contributed by atoms with E-state index in [9.17, 15) is 4.79 Å². The van der Waals surface area contributed by atoms with Crippen LogP contribution >= 0.6 is 0 Å². The lowest BCUT2D eigenvalue weighted by Crippen LogP contribution is -2.46. The van der Waals surface area contributed by atoms with Crippen molar-refractivity contribution in [3.63, 3.8) is 0 Å². The second-order valence-electron chi connectivity index (χ2n) is 6.39. The highest BCUT2D eigenvalue weighted by Gasteiger charge is 2.20. The van der Waals surface area contributed by atoms with E-state index in [2.05, 4.69) is 17.4 Å². The number of benzene rings is 2. The Balaban J connectivity index is 2.01. The van der Waals surface area contributed by atoms with Crippen LogP contribution in [0.5, 0.6) is 5.75 Å². The van der Waals surface area contributed by atoms with Gasteiger partial charge in [0.05, 0.1) is 0 Å². The van der Waals surface area contributed by atoms with Gasteiger partial charge in [-0.1, -0.05) is 42.5 Å². The zero-order valence-electron chi connectivity index (χ0n) is 13.6. The van der Waals surface area contributed by atoms with Crippen LogP contribution < -0.4 is 10.1 Å². The first-order valence-electron chi connectivity index (χ1n) is 7.49. The summed E-state index contributed by atoms with van der Waals surface area (Å²) in [5.41, 5.74) is 2.03. The summed E-state index contributed by atoms with van der Waals surface area (Å²) in [7, 11) is 0. The largest absolute Gasteiger partial charge is 0.481 e. The van der Waals surface area contributed by atoms with E-state index in [1.165, 1.54) is 0 Å². The highest BCUT2D eigenvalue weighted by atomic mass is 16.5. The van der Waals surface area contributed by atoms with Crippen LogP contribution in [0.4, 0.5) is 0 Å². The molecular formula is C19H23NO2. The molecule has 2 rings (SSSR count). The SMILES string of the molecule is C[C@H](Oc1ccc(-c2ccccc2)cc1)C(=O)NC(C)(C)C. The van der Waals surface area contributed by atoms with Gasteiger partial charge in [-0.2, -0.15) is 0 Å². The lowest BCUT2D eigenvalue weighted by molar-refractivity contribution is -0.128. The molecular weight excluding hydrogens is 274 g/mol. The predicted octanol–water partition coefficient (Wildman–Crippen LogP) is 4.04. The van der Waals surface area contributed by atoms with E-state index in [4.69, 9.17) is 4.74 Å². The fourth-order valence-electron chi connectivity index (χ4n) is 2.09. The molecule has 0 fully saturated rings. The summed E-state index contributed by atoms with van der Waals surface area (Å²) in [4.78, 5) is 12.0. The van der Waals surface area contributed by atoms with Gasteiger partial charge in [0, 0.05) is 5.54 Å². The Morgan fingerprint density at radius 3 is 2.05 bits per heavy atom. The molecule has 3 heteroatoms. The van der Waals surface area contributed by atoms with Crippen molar-refractivity contribution < 1.29 is 9.53 Å². The van der Waals surface area contributed by atoms with Gasteiger partial charge in [-0.3, -0.25) is 4.79 Å². The highest BCUT2D eigenvalue weighted by molar-refractivity contribution is 5.81. The molecule has 3 nitrogen and oxygen atoms in total. The molecule has 0 spiro atoms. The molecule has 116 valence electrons. The van der Waals surface area contributed by atoms with Gasteiger partial charge in [-0.05, 0) is 51.0 Å². The number of carbonyl (C=O) groups excluding carboxylic acids is 1. The summed E-state index contributed by atoms with van der Waals surface area (Å²) in [6.45, 7) is 7.61. The van der Waals surface area contributed by atoms with E-state index in [-0.39, 0.29) is 11.4 Å². The number of rotatable bonds is 4. The molecule has 0 aliphatic heterocycles. The van der Waals surface area contributed by atoms with E-state index in [0.29, 0.717) is 5.75 Å². The Bertz CT molecular complexity index is 612. The third-order valence-electron chi connectivity index (χ3n) is 3.14. The number of ether oxygens (including phenoxy) is 1. The first kappa shape index (κ1) is 16.1. The molecule has 22 heavy (non-hydrogen) atoms. The molecule has 1 atom stereocenters. The summed E-state index contributed by atoms with van der Waals surface area (Å²) in [5.74, 6) is 0.580. The van der Waals surface area contributed by atoms with Crippen LogP contribution in [0.1, 0.15) is 27.7 Å². The van der Waals surface area contributed by atoms with Gasteiger partial charge in [0.1, 0.15) is 5.75 Å². The van der Waals surface area contributed by atoms with Gasteiger partial charge in [0.25, 0.3) is 5.91 Å². The standard InChI is InChI=1S/C19H23NO2/c1-14(18(21)20-19(2,3)4)22-17-12-10-16(11-13-17)15-8-6-5-7-9-15/h5-14H,1-4H3,(H,20,21)/t14-/m0/s1. The van der Waals surface area contributed by atoms with Crippen molar-refractivity contribution in [2.75, 3.05) is 0 Å². The average Bonchev–Trinajstić information content (AvgIpc) is 2.47. The van der Waals surface area contributed by atoms with Crippen molar-refractivity contribution in [3.8, 4) is 16.9 Å². The van der Waals surface area contributed by atoms with Crippen molar-refractivity contribution in [2.45, 2.75) is 39.3 Å². The van der Waals surface area contributed by atoms with Crippen LogP contribution in [0, 0.1) is 0 Å². The zero-order valence-corrected chi connectivity index (χ0v) is 13.6. The number of hydrogen-bond donors (Lipinski definition) is 1. The van der Waals surface area contributed by atoms with Gasteiger partial charge in [-0.15, -0.1) is 0 Å². The second kappa shape index (κ2) is 6.65. The van der Waals surface area contributed by atoms with E-state index in [1.807, 2.05) is 63.2 Å². The number of carbonyl (C=O) groups is 1. The van der Waals surface area contributed by atoms with Crippen molar-refractivity contribution in [1.29, 1.82) is 0 Å². The van der Waals surface area contributed by atoms with Gasteiger partial charge >= 0.3 is 0 Å². The van der Waals surface area contributed by atoms with Gasteiger partial charge in [0.2, 0.25) is 0 Å². The normalized spacial score (nSPS) is 12.5. The molecule has 0 saturated carbocycles. The monoisotopic (exact) mass is 297 g/mol. The van der Waals surface area contributed by atoms with Gasteiger partial charge < -0.3 is 10.1 Å². The van der Waals surface area contributed by atoms with Crippen LogP contribution in [-0.2, 0) is 4.79 Å². The minimum atomic E-state index is -0.526. The van der Waals surface area contributed by atoms with Crippen molar-refractivity contribution in [1.82, 2.24) is 5.32 Å². The van der Waals surface area contributed by atoms with Crippen molar-refractivity contribution in [3.05, 3.63) is 54.6 Å². The number of hydrogen-bond acceptors (Lipinski definition) is 2. The quantitative estimate of drug-likeness (QED) is 0.925. The highest BCUT2D eigenvalue weighted by Crippen LogP contribution is 2.22. The maximum atomic E-state index is 12.0. The lowest BCUT2D eigenvalue weighted by Gasteiger charge is -2.23. The fourth-order valence-corrected chi connectivity index (χ4v) is 2.09. The summed E-state index contributed by atoms with van der Waals surface area (Å²) in [6.07, 6.45) is -0.526.